The van der Waals surface area contributed by atoms with Crippen LogP contribution in [-0.2, 0) is 13.0 Å². The summed E-state index contributed by atoms with van der Waals surface area (Å²) in [7, 11) is 0. The van der Waals surface area contributed by atoms with E-state index in [2.05, 4.69) is 49.9 Å². The summed E-state index contributed by atoms with van der Waals surface area (Å²) in [6.07, 6.45) is 10.8. The SMILES string of the molecule is CC(C)CCCCCCc1cn(CCC(C)S)nn1. The molecule has 0 aromatic carbocycles. The maximum atomic E-state index is 4.38. The number of thiol groups is 1. The van der Waals surface area contributed by atoms with Crippen LogP contribution < -0.4 is 0 Å². The average molecular weight is 283 g/mol. The zero-order chi connectivity index (χ0) is 14.1. The number of aryl methyl sites for hydroxylation is 2. The van der Waals surface area contributed by atoms with E-state index in [1.807, 2.05) is 4.68 Å². The van der Waals surface area contributed by atoms with Crippen molar-refractivity contribution in [1.82, 2.24) is 15.0 Å². The van der Waals surface area contributed by atoms with Crippen LogP contribution in [0.25, 0.3) is 0 Å². The van der Waals surface area contributed by atoms with E-state index in [1.54, 1.807) is 0 Å². The molecule has 0 radical (unpaired) electrons. The van der Waals surface area contributed by atoms with Gasteiger partial charge in [-0.2, -0.15) is 12.6 Å². The van der Waals surface area contributed by atoms with Gasteiger partial charge in [-0.15, -0.1) is 5.10 Å². The number of hydrogen-bond donors (Lipinski definition) is 1. The van der Waals surface area contributed by atoms with Gasteiger partial charge >= 0.3 is 0 Å². The van der Waals surface area contributed by atoms with Gasteiger partial charge in [-0.1, -0.05) is 51.7 Å². The summed E-state index contributed by atoms with van der Waals surface area (Å²) in [6, 6.07) is 0. The van der Waals surface area contributed by atoms with Crippen molar-refractivity contribution >= 4 is 12.6 Å². The Balaban J connectivity index is 2.09. The summed E-state index contributed by atoms with van der Waals surface area (Å²) in [6.45, 7) is 7.62. The minimum absolute atomic E-state index is 0.425. The van der Waals surface area contributed by atoms with Gasteiger partial charge in [-0.3, -0.25) is 4.68 Å². The molecule has 1 aromatic rings. The van der Waals surface area contributed by atoms with Crippen molar-refractivity contribution in [2.24, 2.45) is 5.92 Å². The van der Waals surface area contributed by atoms with Gasteiger partial charge in [-0.25, -0.2) is 0 Å². The first-order valence-corrected chi connectivity index (χ1v) is 8.16. The minimum Gasteiger partial charge on any atom is -0.252 e. The molecule has 19 heavy (non-hydrogen) atoms. The van der Waals surface area contributed by atoms with Gasteiger partial charge < -0.3 is 0 Å². The molecule has 1 heterocycles. The van der Waals surface area contributed by atoms with Crippen molar-refractivity contribution in [3.63, 3.8) is 0 Å². The minimum atomic E-state index is 0.425. The van der Waals surface area contributed by atoms with E-state index >= 15 is 0 Å². The maximum absolute atomic E-state index is 4.38. The molecular weight excluding hydrogens is 254 g/mol. The number of aromatic nitrogens is 3. The van der Waals surface area contributed by atoms with E-state index in [1.165, 1.54) is 32.1 Å². The third kappa shape index (κ3) is 8.30. The van der Waals surface area contributed by atoms with Crippen LogP contribution in [-0.4, -0.2) is 20.2 Å². The highest BCUT2D eigenvalue weighted by atomic mass is 32.1. The molecule has 0 bridgehead atoms. The predicted octanol–water partition coefficient (Wildman–Crippen LogP) is 4.14. The number of nitrogens with zero attached hydrogens (tertiary/aromatic N) is 3. The van der Waals surface area contributed by atoms with E-state index in [4.69, 9.17) is 0 Å². The molecule has 1 atom stereocenters. The average Bonchev–Trinajstić information content (AvgIpc) is 2.78. The first kappa shape index (κ1) is 16.5. The van der Waals surface area contributed by atoms with Gasteiger partial charge in [0.2, 0.25) is 0 Å². The highest BCUT2D eigenvalue weighted by molar-refractivity contribution is 7.80. The van der Waals surface area contributed by atoms with Crippen molar-refractivity contribution in [2.45, 2.75) is 77.5 Å². The van der Waals surface area contributed by atoms with Crippen LogP contribution in [0.3, 0.4) is 0 Å². The van der Waals surface area contributed by atoms with Gasteiger partial charge in [0.25, 0.3) is 0 Å². The molecule has 4 heteroatoms. The second kappa shape index (κ2) is 9.40. The molecule has 0 amide bonds. The normalized spacial score (nSPS) is 13.1. The fraction of sp³-hybridized carbons (Fsp3) is 0.867. The van der Waals surface area contributed by atoms with E-state index < -0.39 is 0 Å². The summed E-state index contributed by atoms with van der Waals surface area (Å²) in [5.74, 6) is 0.842. The van der Waals surface area contributed by atoms with Crippen LogP contribution in [0.4, 0.5) is 0 Å². The smallest absolute Gasteiger partial charge is 0.0827 e. The fourth-order valence-corrected chi connectivity index (χ4v) is 2.21. The van der Waals surface area contributed by atoms with E-state index in [9.17, 15) is 0 Å². The molecule has 0 aliphatic heterocycles. The van der Waals surface area contributed by atoms with Gasteiger partial charge in [-0.05, 0) is 25.2 Å². The van der Waals surface area contributed by atoms with Gasteiger partial charge in [0.1, 0.15) is 0 Å². The van der Waals surface area contributed by atoms with Crippen LogP contribution in [0.1, 0.15) is 65.0 Å². The van der Waals surface area contributed by atoms with Crippen molar-refractivity contribution in [2.75, 3.05) is 0 Å². The Bertz CT molecular complexity index is 334. The maximum Gasteiger partial charge on any atom is 0.0827 e. The summed E-state index contributed by atoms with van der Waals surface area (Å²) in [5.41, 5.74) is 1.13. The van der Waals surface area contributed by atoms with Gasteiger partial charge in [0.15, 0.2) is 0 Å². The van der Waals surface area contributed by atoms with Crippen LogP contribution in [0.15, 0.2) is 6.20 Å². The van der Waals surface area contributed by atoms with Crippen molar-refractivity contribution in [3.8, 4) is 0 Å². The topological polar surface area (TPSA) is 30.7 Å². The van der Waals surface area contributed by atoms with Crippen LogP contribution in [0.2, 0.25) is 0 Å². The Labute approximate surface area is 123 Å². The molecule has 1 aromatic heterocycles. The van der Waals surface area contributed by atoms with Crippen LogP contribution in [0, 0.1) is 5.92 Å². The highest BCUT2D eigenvalue weighted by Gasteiger charge is 2.02. The third-order valence-electron chi connectivity index (χ3n) is 3.33. The third-order valence-corrected chi connectivity index (χ3v) is 3.58. The number of hydrogen-bond acceptors (Lipinski definition) is 3. The molecule has 110 valence electrons. The van der Waals surface area contributed by atoms with Crippen LogP contribution in [0.5, 0.6) is 0 Å². The standard InChI is InChI=1S/C15H29N3S/c1-13(2)8-6-4-5-7-9-15-12-18(17-16-15)11-10-14(3)19/h12-14,19H,4-11H2,1-3H3. The number of rotatable bonds is 10. The summed E-state index contributed by atoms with van der Waals surface area (Å²) >= 11 is 4.38. The van der Waals surface area contributed by atoms with Crippen molar-refractivity contribution in [1.29, 1.82) is 0 Å². The molecule has 0 N–H and O–H groups in total. The Hall–Kier alpha value is -0.510. The molecule has 0 aliphatic carbocycles. The Kier molecular flexibility index (Phi) is 8.19. The predicted molar refractivity (Wildman–Crippen MR) is 84.7 cm³/mol. The lowest BCUT2D eigenvalue weighted by Gasteiger charge is -2.03. The first-order valence-electron chi connectivity index (χ1n) is 7.65. The Morgan fingerprint density at radius 3 is 2.53 bits per heavy atom. The Morgan fingerprint density at radius 2 is 1.84 bits per heavy atom. The van der Waals surface area contributed by atoms with E-state index in [0.29, 0.717) is 5.25 Å². The largest absolute Gasteiger partial charge is 0.252 e. The molecule has 0 aliphatic rings. The lowest BCUT2D eigenvalue weighted by Crippen LogP contribution is -2.03. The first-order chi connectivity index (χ1) is 9.08. The molecule has 1 rings (SSSR count). The highest BCUT2D eigenvalue weighted by Crippen LogP contribution is 2.11. The zero-order valence-electron chi connectivity index (χ0n) is 12.7. The van der Waals surface area contributed by atoms with E-state index in [0.717, 1.165) is 31.0 Å². The fourth-order valence-electron chi connectivity index (χ4n) is 2.09. The van der Waals surface area contributed by atoms with Gasteiger partial charge in [0, 0.05) is 18.0 Å². The molecule has 0 saturated heterocycles. The molecule has 0 spiro atoms. The molecule has 1 unspecified atom stereocenters. The van der Waals surface area contributed by atoms with Gasteiger partial charge in [0.05, 0.1) is 5.69 Å². The molecule has 0 fully saturated rings. The van der Waals surface area contributed by atoms with Crippen molar-refractivity contribution in [3.05, 3.63) is 11.9 Å². The summed E-state index contributed by atoms with van der Waals surface area (Å²) < 4.78 is 1.95. The zero-order valence-corrected chi connectivity index (χ0v) is 13.6. The molecule has 3 nitrogen and oxygen atoms in total. The quantitative estimate of drug-likeness (QED) is 0.517. The summed E-state index contributed by atoms with van der Waals surface area (Å²) in [4.78, 5) is 0. The monoisotopic (exact) mass is 283 g/mol. The van der Waals surface area contributed by atoms with Crippen LogP contribution >= 0.6 is 12.6 Å². The molecular formula is C15H29N3S. The molecule has 0 saturated carbocycles. The summed E-state index contributed by atoms with van der Waals surface area (Å²) in [5, 5.41) is 8.81. The van der Waals surface area contributed by atoms with Crippen molar-refractivity contribution < 1.29 is 0 Å². The van der Waals surface area contributed by atoms with E-state index in [-0.39, 0.29) is 0 Å². The lowest BCUT2D eigenvalue weighted by atomic mass is 10.0. The second-order valence-corrected chi connectivity index (χ2v) is 6.84. The lowest BCUT2D eigenvalue weighted by molar-refractivity contribution is 0.519. The Morgan fingerprint density at radius 1 is 1.11 bits per heavy atom. The second-order valence-electron chi connectivity index (χ2n) is 5.96. The number of unbranched alkanes of at least 4 members (excludes halogenated alkanes) is 3.